The minimum atomic E-state index is -2.94. The fourth-order valence-corrected chi connectivity index (χ4v) is 4.25. The molecule has 0 aromatic heterocycles. The second-order valence-electron chi connectivity index (χ2n) is 7.31. The Morgan fingerprint density at radius 1 is 1.03 bits per heavy atom. The molecule has 0 saturated carbocycles. The van der Waals surface area contributed by atoms with Gasteiger partial charge in [0.2, 0.25) is 0 Å². The van der Waals surface area contributed by atoms with E-state index in [1.54, 1.807) is 37.5 Å². The van der Waals surface area contributed by atoms with Crippen LogP contribution in [0.2, 0.25) is 0 Å². The molecule has 0 saturated heterocycles. The number of halogens is 2. The van der Waals surface area contributed by atoms with Gasteiger partial charge < -0.3 is 9.47 Å². The van der Waals surface area contributed by atoms with E-state index in [-0.39, 0.29) is 17.4 Å². The third-order valence-corrected chi connectivity index (χ3v) is 6.03. The number of carbonyl (C=O) groups is 1. The van der Waals surface area contributed by atoms with Crippen LogP contribution < -0.4 is 14.4 Å². The zero-order valence-electron chi connectivity index (χ0n) is 18.5. The van der Waals surface area contributed by atoms with Crippen molar-refractivity contribution in [3.8, 4) is 17.6 Å². The van der Waals surface area contributed by atoms with Crippen molar-refractivity contribution in [3.05, 3.63) is 95.2 Å². The van der Waals surface area contributed by atoms with Crippen molar-refractivity contribution in [3.63, 3.8) is 0 Å². The summed E-state index contributed by atoms with van der Waals surface area (Å²) in [6, 6.07) is 22.3. The minimum Gasteiger partial charge on any atom is -0.497 e. The van der Waals surface area contributed by atoms with Crippen molar-refractivity contribution < 1.29 is 23.0 Å². The number of alkyl halides is 2. The van der Waals surface area contributed by atoms with Gasteiger partial charge in [0.05, 0.1) is 24.4 Å². The lowest BCUT2D eigenvalue weighted by Gasteiger charge is -2.18. The minimum absolute atomic E-state index is 0.00637. The zero-order chi connectivity index (χ0) is 24.8. The van der Waals surface area contributed by atoms with Crippen molar-refractivity contribution in [2.45, 2.75) is 12.4 Å². The van der Waals surface area contributed by atoms with E-state index in [4.69, 9.17) is 10.00 Å². The van der Waals surface area contributed by atoms with Gasteiger partial charge >= 0.3 is 6.61 Å². The summed E-state index contributed by atoms with van der Waals surface area (Å²) in [5, 5.41) is 9.43. The van der Waals surface area contributed by atoms with Crippen molar-refractivity contribution in [1.29, 1.82) is 5.26 Å². The van der Waals surface area contributed by atoms with E-state index in [1.807, 2.05) is 24.3 Å². The fraction of sp³-hybridized carbons (Fsp3) is 0.115. The molecule has 0 atom stereocenters. The average molecular weight is 492 g/mol. The molecular weight excluding hydrogens is 472 g/mol. The van der Waals surface area contributed by atoms with Crippen LogP contribution in [0.1, 0.15) is 16.7 Å². The van der Waals surface area contributed by atoms with E-state index in [1.165, 1.54) is 40.9 Å². The van der Waals surface area contributed by atoms with Gasteiger partial charge in [-0.05, 0) is 65.7 Å². The molecule has 1 heterocycles. The maximum absolute atomic E-state index is 13.3. The van der Waals surface area contributed by atoms with Crippen LogP contribution in [-0.4, -0.2) is 24.8 Å². The molecule has 0 bridgehead atoms. The molecule has 0 spiro atoms. The number of anilines is 1. The number of amides is 1. The van der Waals surface area contributed by atoms with Crippen LogP contribution in [0.15, 0.2) is 83.5 Å². The van der Waals surface area contributed by atoms with Crippen molar-refractivity contribution in [1.82, 2.24) is 0 Å². The SMILES string of the molecule is COc1ccc(/C=C2\N=C(SCc3ccc(C#N)cc3)N(c3ccc(OC(F)F)cc3)C2=O)cc1. The number of ether oxygens (including phenoxy) is 2. The van der Waals surface area contributed by atoms with Gasteiger partial charge in [0.1, 0.15) is 17.2 Å². The summed E-state index contributed by atoms with van der Waals surface area (Å²) in [6.45, 7) is -2.94. The Balaban J connectivity index is 1.62. The summed E-state index contributed by atoms with van der Waals surface area (Å²) < 4.78 is 34.6. The molecule has 0 aliphatic carbocycles. The van der Waals surface area contributed by atoms with Crippen LogP contribution in [0.4, 0.5) is 14.5 Å². The molecule has 6 nitrogen and oxygen atoms in total. The maximum Gasteiger partial charge on any atom is 0.387 e. The van der Waals surface area contributed by atoms with E-state index in [0.29, 0.717) is 27.9 Å². The van der Waals surface area contributed by atoms with Crippen LogP contribution in [0.25, 0.3) is 6.08 Å². The Kier molecular flexibility index (Phi) is 7.43. The van der Waals surface area contributed by atoms with Crippen LogP contribution in [0, 0.1) is 11.3 Å². The molecule has 0 fully saturated rings. The summed E-state index contributed by atoms with van der Waals surface area (Å²) in [4.78, 5) is 19.3. The Morgan fingerprint density at radius 3 is 2.29 bits per heavy atom. The van der Waals surface area contributed by atoms with Gasteiger partial charge in [-0.1, -0.05) is 36.0 Å². The maximum atomic E-state index is 13.3. The van der Waals surface area contributed by atoms with E-state index < -0.39 is 6.61 Å². The standard InChI is InChI=1S/C26H19F2N3O3S/c1-33-21-10-6-17(7-11-21)14-23-24(32)31(20-8-12-22(13-9-20)34-25(27)28)26(30-23)35-16-19-4-2-18(15-29)3-5-19/h2-14,25H,16H2,1H3/b23-14-. The highest BCUT2D eigenvalue weighted by Gasteiger charge is 2.32. The number of hydrogen-bond acceptors (Lipinski definition) is 6. The second kappa shape index (κ2) is 10.8. The summed E-state index contributed by atoms with van der Waals surface area (Å²) in [5.41, 5.74) is 3.00. The van der Waals surface area contributed by atoms with Crippen LogP contribution in [0.3, 0.4) is 0 Å². The number of methoxy groups -OCH3 is 1. The normalized spacial score (nSPS) is 14.3. The molecule has 4 rings (SSSR count). The summed E-state index contributed by atoms with van der Waals surface area (Å²) in [6.07, 6.45) is 1.68. The quantitative estimate of drug-likeness (QED) is 0.388. The van der Waals surface area contributed by atoms with Crippen molar-refractivity contribution >= 4 is 34.6 Å². The van der Waals surface area contributed by atoms with Crippen molar-refractivity contribution in [2.24, 2.45) is 4.99 Å². The molecule has 3 aromatic rings. The van der Waals surface area contributed by atoms with E-state index in [0.717, 1.165) is 11.1 Å². The number of rotatable bonds is 7. The number of thioether (sulfide) groups is 1. The first kappa shape index (κ1) is 24.0. The van der Waals surface area contributed by atoms with Gasteiger partial charge in [0.15, 0.2) is 5.17 Å². The Labute approximate surface area is 205 Å². The molecule has 1 amide bonds. The molecule has 1 aliphatic rings. The second-order valence-corrected chi connectivity index (χ2v) is 8.25. The summed E-state index contributed by atoms with van der Waals surface area (Å²) >= 11 is 1.35. The van der Waals surface area contributed by atoms with E-state index in [9.17, 15) is 13.6 Å². The van der Waals surface area contributed by atoms with Crippen LogP contribution in [-0.2, 0) is 10.5 Å². The molecule has 0 unspecified atom stereocenters. The van der Waals surface area contributed by atoms with Gasteiger partial charge in [-0.15, -0.1) is 0 Å². The molecular formula is C26H19F2N3O3S. The van der Waals surface area contributed by atoms with Crippen molar-refractivity contribution in [2.75, 3.05) is 12.0 Å². The highest BCUT2D eigenvalue weighted by atomic mass is 32.2. The van der Waals surface area contributed by atoms with E-state index >= 15 is 0 Å². The predicted molar refractivity (Wildman–Crippen MR) is 131 cm³/mol. The molecule has 35 heavy (non-hydrogen) atoms. The topological polar surface area (TPSA) is 74.9 Å². The first-order valence-electron chi connectivity index (χ1n) is 10.4. The number of benzene rings is 3. The number of carbonyl (C=O) groups excluding carboxylic acids is 1. The van der Waals surface area contributed by atoms with Gasteiger partial charge in [-0.3, -0.25) is 9.69 Å². The number of nitriles is 1. The molecule has 9 heteroatoms. The highest BCUT2D eigenvalue weighted by molar-refractivity contribution is 8.13. The van der Waals surface area contributed by atoms with Crippen LogP contribution >= 0.6 is 11.8 Å². The molecule has 0 radical (unpaired) electrons. The lowest BCUT2D eigenvalue weighted by atomic mass is 10.2. The molecule has 3 aromatic carbocycles. The molecule has 1 aliphatic heterocycles. The first-order valence-corrected chi connectivity index (χ1v) is 11.4. The highest BCUT2D eigenvalue weighted by Crippen LogP contribution is 2.32. The first-order chi connectivity index (χ1) is 17.0. The predicted octanol–water partition coefficient (Wildman–Crippen LogP) is 5.85. The lowest BCUT2D eigenvalue weighted by molar-refractivity contribution is -0.113. The Bertz CT molecular complexity index is 1300. The van der Waals surface area contributed by atoms with Gasteiger partial charge in [0, 0.05) is 5.75 Å². The van der Waals surface area contributed by atoms with Gasteiger partial charge in [-0.2, -0.15) is 14.0 Å². The fourth-order valence-electron chi connectivity index (χ4n) is 3.28. The number of nitrogens with zero attached hydrogens (tertiary/aromatic N) is 3. The largest absolute Gasteiger partial charge is 0.497 e. The lowest BCUT2D eigenvalue weighted by Crippen LogP contribution is -2.30. The summed E-state index contributed by atoms with van der Waals surface area (Å²) in [5.74, 6) is 0.857. The Morgan fingerprint density at radius 2 is 1.69 bits per heavy atom. The van der Waals surface area contributed by atoms with E-state index in [2.05, 4.69) is 15.8 Å². The average Bonchev–Trinajstić information content (AvgIpc) is 3.18. The Hall–Kier alpha value is -4.16. The van der Waals surface area contributed by atoms with Gasteiger partial charge in [-0.25, -0.2) is 4.99 Å². The summed E-state index contributed by atoms with van der Waals surface area (Å²) in [7, 11) is 1.57. The van der Waals surface area contributed by atoms with Crippen LogP contribution in [0.5, 0.6) is 11.5 Å². The third-order valence-electron chi connectivity index (χ3n) is 5.02. The zero-order valence-corrected chi connectivity index (χ0v) is 19.3. The number of hydrogen-bond donors (Lipinski definition) is 0. The smallest absolute Gasteiger partial charge is 0.387 e. The third kappa shape index (κ3) is 5.86. The van der Waals surface area contributed by atoms with Gasteiger partial charge in [0.25, 0.3) is 5.91 Å². The number of amidine groups is 1. The molecule has 0 N–H and O–H groups in total. The molecule has 176 valence electrons. The number of aliphatic imine (C=N–C) groups is 1. The monoisotopic (exact) mass is 491 g/mol.